The zero-order chi connectivity index (χ0) is 13.1. The van der Waals surface area contributed by atoms with E-state index in [-0.39, 0.29) is 22.9 Å². The Kier molecular flexibility index (Phi) is 4.04. The highest BCUT2D eigenvalue weighted by Crippen LogP contribution is 2.26. The molecule has 1 aromatic rings. The predicted octanol–water partition coefficient (Wildman–Crippen LogP) is 2.41. The lowest BCUT2D eigenvalue weighted by atomic mass is 10.2. The van der Waals surface area contributed by atoms with E-state index in [1.165, 1.54) is 12.1 Å². The molecule has 1 aliphatic rings. The maximum atomic E-state index is 11.1. The molecule has 2 rings (SSSR count). The predicted molar refractivity (Wildman–Crippen MR) is 68.3 cm³/mol. The highest BCUT2D eigenvalue weighted by atomic mass is 35.5. The third-order valence-electron chi connectivity index (χ3n) is 3.15. The van der Waals surface area contributed by atoms with Crippen molar-refractivity contribution in [3.63, 3.8) is 0 Å². The summed E-state index contributed by atoms with van der Waals surface area (Å²) in [6.45, 7) is 0. The number of carbonyl (C=O) groups is 1. The Morgan fingerprint density at radius 3 is 2.94 bits per heavy atom. The van der Waals surface area contributed by atoms with Crippen molar-refractivity contribution < 1.29 is 14.6 Å². The van der Waals surface area contributed by atoms with E-state index in [0.29, 0.717) is 5.82 Å². The van der Waals surface area contributed by atoms with Gasteiger partial charge in [0.25, 0.3) is 0 Å². The summed E-state index contributed by atoms with van der Waals surface area (Å²) >= 11 is 5.79. The third kappa shape index (κ3) is 2.91. The Bertz CT molecular complexity index is 453. The molecular weight excluding hydrogens is 256 g/mol. The van der Waals surface area contributed by atoms with E-state index in [9.17, 15) is 4.79 Å². The summed E-state index contributed by atoms with van der Waals surface area (Å²) in [5.41, 5.74) is 0.139. The van der Waals surface area contributed by atoms with Gasteiger partial charge in [0, 0.05) is 13.2 Å². The van der Waals surface area contributed by atoms with Crippen LogP contribution in [0.4, 0.5) is 5.82 Å². The van der Waals surface area contributed by atoms with Crippen LogP contribution in [0.1, 0.15) is 29.6 Å². The van der Waals surface area contributed by atoms with Crippen molar-refractivity contribution >= 4 is 23.4 Å². The van der Waals surface area contributed by atoms with Crippen LogP contribution in [0.25, 0.3) is 0 Å². The standard InChI is InChI=1S/C12H15ClN2O3/c1-18-8-3-2-7(6-8)14-11-9(12(16)17)4-5-10(13)15-11/h4-5,7-8H,2-3,6H2,1H3,(H,14,15)(H,16,17). The Morgan fingerprint density at radius 1 is 1.56 bits per heavy atom. The minimum Gasteiger partial charge on any atom is -0.478 e. The fourth-order valence-corrected chi connectivity index (χ4v) is 2.34. The average molecular weight is 271 g/mol. The molecular formula is C12H15ClN2O3. The number of halogens is 1. The second-order valence-electron chi connectivity index (χ2n) is 4.35. The van der Waals surface area contributed by atoms with Crippen molar-refractivity contribution in [2.75, 3.05) is 12.4 Å². The lowest BCUT2D eigenvalue weighted by molar-refractivity contribution is 0.0697. The maximum Gasteiger partial charge on any atom is 0.339 e. The topological polar surface area (TPSA) is 71.5 Å². The average Bonchev–Trinajstić information content (AvgIpc) is 2.76. The van der Waals surface area contributed by atoms with Crippen molar-refractivity contribution in [3.05, 3.63) is 22.8 Å². The molecule has 0 bridgehead atoms. The quantitative estimate of drug-likeness (QED) is 0.822. The first-order chi connectivity index (χ1) is 8.60. The number of methoxy groups -OCH3 is 1. The Morgan fingerprint density at radius 2 is 2.33 bits per heavy atom. The van der Waals surface area contributed by atoms with E-state index in [1.807, 2.05) is 0 Å². The zero-order valence-corrected chi connectivity index (χ0v) is 10.8. The van der Waals surface area contributed by atoms with E-state index in [1.54, 1.807) is 7.11 Å². The van der Waals surface area contributed by atoms with Crippen molar-refractivity contribution in [1.82, 2.24) is 4.98 Å². The number of nitrogens with zero attached hydrogens (tertiary/aromatic N) is 1. The number of aromatic nitrogens is 1. The van der Waals surface area contributed by atoms with Crippen molar-refractivity contribution in [1.29, 1.82) is 0 Å². The normalized spacial score (nSPS) is 23.0. The molecule has 98 valence electrons. The molecule has 2 N–H and O–H groups in total. The van der Waals surface area contributed by atoms with Gasteiger partial charge in [0.2, 0.25) is 0 Å². The molecule has 0 spiro atoms. The minimum absolute atomic E-state index is 0.139. The van der Waals surface area contributed by atoms with E-state index in [0.717, 1.165) is 19.3 Å². The molecule has 0 radical (unpaired) electrons. The second kappa shape index (κ2) is 5.54. The smallest absolute Gasteiger partial charge is 0.339 e. The molecule has 1 heterocycles. The van der Waals surface area contributed by atoms with Crippen molar-refractivity contribution in [2.24, 2.45) is 0 Å². The van der Waals surface area contributed by atoms with Gasteiger partial charge in [0.15, 0.2) is 0 Å². The number of carboxylic acids is 1. The summed E-state index contributed by atoms with van der Waals surface area (Å²) in [5.74, 6) is -0.681. The van der Waals surface area contributed by atoms with Gasteiger partial charge in [-0.3, -0.25) is 0 Å². The van der Waals surface area contributed by atoms with Gasteiger partial charge < -0.3 is 15.2 Å². The fourth-order valence-electron chi connectivity index (χ4n) is 2.20. The van der Waals surface area contributed by atoms with Gasteiger partial charge in [-0.15, -0.1) is 0 Å². The summed E-state index contributed by atoms with van der Waals surface area (Å²) in [4.78, 5) is 15.1. The van der Waals surface area contributed by atoms with Crippen LogP contribution in [0, 0.1) is 0 Å². The first kappa shape index (κ1) is 13.1. The highest BCUT2D eigenvalue weighted by molar-refractivity contribution is 6.29. The summed E-state index contributed by atoms with van der Waals surface area (Å²) in [6, 6.07) is 3.12. The first-order valence-corrected chi connectivity index (χ1v) is 6.17. The lowest BCUT2D eigenvalue weighted by Crippen LogP contribution is -2.20. The molecule has 1 fully saturated rings. The third-order valence-corrected chi connectivity index (χ3v) is 3.36. The van der Waals surface area contributed by atoms with Gasteiger partial charge in [-0.1, -0.05) is 11.6 Å². The molecule has 0 aliphatic heterocycles. The number of ether oxygens (including phenoxy) is 1. The first-order valence-electron chi connectivity index (χ1n) is 5.79. The molecule has 0 aromatic carbocycles. The number of pyridine rings is 1. The van der Waals surface area contributed by atoms with Crippen LogP contribution in [0.5, 0.6) is 0 Å². The van der Waals surface area contributed by atoms with Crippen LogP contribution < -0.4 is 5.32 Å². The molecule has 5 nitrogen and oxygen atoms in total. The number of nitrogens with one attached hydrogen (secondary N) is 1. The molecule has 2 unspecified atom stereocenters. The van der Waals surface area contributed by atoms with Gasteiger partial charge in [0.1, 0.15) is 16.5 Å². The van der Waals surface area contributed by atoms with Crippen LogP contribution in [0.15, 0.2) is 12.1 Å². The van der Waals surface area contributed by atoms with Crippen molar-refractivity contribution in [3.8, 4) is 0 Å². The van der Waals surface area contributed by atoms with Gasteiger partial charge in [-0.05, 0) is 31.4 Å². The van der Waals surface area contributed by atoms with Crippen LogP contribution in [0.2, 0.25) is 5.15 Å². The molecule has 1 aliphatic carbocycles. The molecule has 0 amide bonds. The molecule has 18 heavy (non-hydrogen) atoms. The highest BCUT2D eigenvalue weighted by Gasteiger charge is 2.26. The molecule has 2 atom stereocenters. The van der Waals surface area contributed by atoms with E-state index < -0.39 is 5.97 Å². The van der Waals surface area contributed by atoms with E-state index in [4.69, 9.17) is 21.4 Å². The van der Waals surface area contributed by atoms with Gasteiger partial charge in [-0.25, -0.2) is 9.78 Å². The number of anilines is 1. The summed E-state index contributed by atoms with van der Waals surface area (Å²) in [5, 5.41) is 12.5. The zero-order valence-electron chi connectivity index (χ0n) is 10.0. The number of aromatic carboxylic acids is 1. The molecule has 0 saturated heterocycles. The van der Waals surface area contributed by atoms with Crippen LogP contribution in [-0.2, 0) is 4.74 Å². The summed E-state index contributed by atoms with van der Waals surface area (Å²) in [7, 11) is 1.69. The van der Waals surface area contributed by atoms with Gasteiger partial charge in [-0.2, -0.15) is 0 Å². The Balaban J connectivity index is 2.13. The van der Waals surface area contributed by atoms with E-state index in [2.05, 4.69) is 10.3 Å². The SMILES string of the molecule is COC1CCC(Nc2nc(Cl)ccc2C(=O)O)C1. The number of rotatable bonds is 4. The number of carboxylic acid groups (broad SMARTS) is 1. The van der Waals surface area contributed by atoms with Gasteiger partial charge in [0.05, 0.1) is 6.10 Å². The van der Waals surface area contributed by atoms with Crippen LogP contribution in [-0.4, -0.2) is 35.3 Å². The maximum absolute atomic E-state index is 11.1. The number of hydrogen-bond acceptors (Lipinski definition) is 4. The lowest BCUT2D eigenvalue weighted by Gasteiger charge is -2.15. The van der Waals surface area contributed by atoms with Crippen molar-refractivity contribution in [2.45, 2.75) is 31.4 Å². The molecule has 6 heteroatoms. The largest absolute Gasteiger partial charge is 0.478 e. The number of hydrogen-bond donors (Lipinski definition) is 2. The second-order valence-corrected chi connectivity index (χ2v) is 4.73. The van der Waals surface area contributed by atoms with E-state index >= 15 is 0 Å². The monoisotopic (exact) mass is 270 g/mol. The Hall–Kier alpha value is -1.33. The fraction of sp³-hybridized carbons (Fsp3) is 0.500. The minimum atomic E-state index is -1.01. The molecule has 1 saturated carbocycles. The van der Waals surface area contributed by atoms with Crippen LogP contribution in [0.3, 0.4) is 0 Å². The Labute approximate surface area is 110 Å². The van der Waals surface area contributed by atoms with Gasteiger partial charge >= 0.3 is 5.97 Å². The molecule has 1 aromatic heterocycles. The summed E-state index contributed by atoms with van der Waals surface area (Å²) < 4.78 is 5.28. The summed E-state index contributed by atoms with van der Waals surface area (Å²) in [6.07, 6.45) is 2.99. The van der Waals surface area contributed by atoms with Crippen LogP contribution >= 0.6 is 11.6 Å².